The first kappa shape index (κ1) is 22.2. The summed E-state index contributed by atoms with van der Waals surface area (Å²) in [4.78, 5) is 29.0. The number of carbonyl (C=O) groups is 1. The highest BCUT2D eigenvalue weighted by molar-refractivity contribution is 7.18. The molecule has 4 heterocycles. The fourth-order valence-electron chi connectivity index (χ4n) is 5.55. The Kier molecular flexibility index (Phi) is 5.56. The molecule has 3 fully saturated rings. The van der Waals surface area contributed by atoms with Gasteiger partial charge in [0.2, 0.25) is 0 Å². The number of aryl methyl sites for hydroxylation is 1. The van der Waals surface area contributed by atoms with Crippen molar-refractivity contribution in [2.24, 2.45) is 5.92 Å². The zero-order valence-electron chi connectivity index (χ0n) is 19.3. The minimum atomic E-state index is -0.763. The monoisotopic (exact) mass is 490 g/mol. The Morgan fingerprint density at radius 3 is 2.54 bits per heavy atom. The molecule has 2 aliphatic heterocycles. The molecule has 178 valence electrons. The number of aromatic nitrogens is 3. The van der Waals surface area contributed by atoms with E-state index in [0.717, 1.165) is 45.2 Å². The van der Waals surface area contributed by atoms with Crippen LogP contribution < -0.4 is 4.90 Å². The standard InChI is InChI=1S/C27H24F2N4OS/c1-15-31-25-23(35-15)10-7-17(26(25)33-14-16-5-8-18(33)9-6-16)13-22(34)21-11-12-30-27(32-21)24-19(28)3-2-4-20(24)29/h2-4,7,10-12,16,18H,5-6,8-9,13-14H2,1H3. The Morgan fingerprint density at radius 2 is 1.83 bits per heavy atom. The fraction of sp³-hybridized carbons (Fsp3) is 0.333. The highest BCUT2D eigenvalue weighted by Gasteiger charge is 2.36. The lowest BCUT2D eigenvalue weighted by Gasteiger charge is -2.47. The number of hydrogen-bond acceptors (Lipinski definition) is 6. The summed E-state index contributed by atoms with van der Waals surface area (Å²) in [6.45, 7) is 3.00. The van der Waals surface area contributed by atoms with Gasteiger partial charge < -0.3 is 4.90 Å². The van der Waals surface area contributed by atoms with E-state index in [4.69, 9.17) is 4.98 Å². The lowest BCUT2D eigenvalue weighted by molar-refractivity contribution is 0.0988. The van der Waals surface area contributed by atoms with Crippen molar-refractivity contribution in [2.45, 2.75) is 45.1 Å². The molecular weight excluding hydrogens is 466 g/mol. The van der Waals surface area contributed by atoms with E-state index in [-0.39, 0.29) is 29.3 Å². The molecule has 2 aromatic heterocycles. The summed E-state index contributed by atoms with van der Waals surface area (Å²) in [5, 5.41) is 0.999. The van der Waals surface area contributed by atoms with E-state index in [2.05, 4.69) is 14.9 Å². The Balaban J connectivity index is 1.38. The maximum Gasteiger partial charge on any atom is 0.185 e. The predicted octanol–water partition coefficient (Wildman–Crippen LogP) is 6.14. The largest absolute Gasteiger partial charge is 0.366 e. The second-order valence-electron chi connectivity index (χ2n) is 9.44. The van der Waals surface area contributed by atoms with E-state index in [1.165, 1.54) is 44.0 Å². The summed E-state index contributed by atoms with van der Waals surface area (Å²) in [6, 6.07) is 9.62. The van der Waals surface area contributed by atoms with Gasteiger partial charge in [0.05, 0.1) is 21.0 Å². The molecule has 2 saturated heterocycles. The van der Waals surface area contributed by atoms with Crippen LogP contribution in [0.3, 0.4) is 0 Å². The fourth-order valence-corrected chi connectivity index (χ4v) is 6.38. The van der Waals surface area contributed by atoms with E-state index < -0.39 is 11.6 Å². The number of Topliss-reactive ketones (excluding diaryl/α,β-unsaturated/α-hetero) is 1. The number of benzene rings is 2. The van der Waals surface area contributed by atoms with Crippen molar-refractivity contribution in [3.8, 4) is 11.4 Å². The maximum absolute atomic E-state index is 14.3. The SMILES string of the molecule is Cc1nc2c(N3CC4CCC3CC4)c(CC(=O)c3ccnc(-c4c(F)cccc4F)n3)ccc2s1. The van der Waals surface area contributed by atoms with Crippen LogP contribution in [0.5, 0.6) is 0 Å². The smallest absolute Gasteiger partial charge is 0.185 e. The van der Waals surface area contributed by atoms with Gasteiger partial charge in [0.25, 0.3) is 0 Å². The van der Waals surface area contributed by atoms with Crippen LogP contribution in [0.1, 0.15) is 46.7 Å². The molecule has 3 aliphatic rings. The van der Waals surface area contributed by atoms with E-state index in [1.807, 2.05) is 19.1 Å². The number of ketones is 1. The number of rotatable bonds is 5. The van der Waals surface area contributed by atoms with Gasteiger partial charge in [0, 0.05) is 25.2 Å². The van der Waals surface area contributed by atoms with E-state index in [9.17, 15) is 13.6 Å². The van der Waals surface area contributed by atoms with Crippen LogP contribution in [0, 0.1) is 24.5 Å². The van der Waals surface area contributed by atoms with Crippen LogP contribution in [-0.2, 0) is 6.42 Å². The third-order valence-electron chi connectivity index (χ3n) is 7.20. The molecule has 35 heavy (non-hydrogen) atoms. The number of hydrogen-bond donors (Lipinski definition) is 0. The summed E-state index contributed by atoms with van der Waals surface area (Å²) in [5.74, 6) is -1.20. The number of carbonyl (C=O) groups excluding carboxylic acids is 1. The van der Waals surface area contributed by atoms with Crippen molar-refractivity contribution in [2.75, 3.05) is 11.4 Å². The van der Waals surface area contributed by atoms with Gasteiger partial charge >= 0.3 is 0 Å². The molecule has 8 heteroatoms. The van der Waals surface area contributed by atoms with Gasteiger partial charge in [-0.25, -0.2) is 23.7 Å². The third-order valence-corrected chi connectivity index (χ3v) is 8.14. The third kappa shape index (κ3) is 3.99. The lowest BCUT2D eigenvalue weighted by atomic mass is 9.79. The first-order chi connectivity index (χ1) is 17.0. The predicted molar refractivity (Wildman–Crippen MR) is 133 cm³/mol. The van der Waals surface area contributed by atoms with Gasteiger partial charge in [0.1, 0.15) is 22.8 Å². The van der Waals surface area contributed by atoms with Crippen molar-refractivity contribution in [3.63, 3.8) is 0 Å². The zero-order valence-corrected chi connectivity index (χ0v) is 20.1. The molecule has 0 unspecified atom stereocenters. The maximum atomic E-state index is 14.3. The highest BCUT2D eigenvalue weighted by Crippen LogP contribution is 2.43. The lowest BCUT2D eigenvalue weighted by Crippen LogP contribution is -2.48. The van der Waals surface area contributed by atoms with Crippen LogP contribution in [0.25, 0.3) is 21.6 Å². The highest BCUT2D eigenvalue weighted by atomic mass is 32.1. The van der Waals surface area contributed by atoms with Crippen molar-refractivity contribution in [3.05, 3.63) is 70.5 Å². The zero-order chi connectivity index (χ0) is 24.1. The molecular formula is C27H24F2N4OS. The quantitative estimate of drug-likeness (QED) is 0.314. The number of thiazole rings is 1. The van der Waals surface area contributed by atoms with Gasteiger partial charge in [0.15, 0.2) is 11.6 Å². The second-order valence-corrected chi connectivity index (χ2v) is 10.7. The molecule has 0 N–H and O–H groups in total. The minimum absolute atomic E-state index is 0.131. The average Bonchev–Trinajstić information content (AvgIpc) is 3.25. The van der Waals surface area contributed by atoms with E-state index in [0.29, 0.717) is 12.0 Å². The minimum Gasteiger partial charge on any atom is -0.366 e. The summed E-state index contributed by atoms with van der Waals surface area (Å²) in [7, 11) is 0. The summed E-state index contributed by atoms with van der Waals surface area (Å²) in [6.07, 6.45) is 6.36. The van der Waals surface area contributed by atoms with Crippen molar-refractivity contribution >= 4 is 33.0 Å². The average molecular weight is 491 g/mol. The number of nitrogens with zero attached hydrogens (tertiary/aromatic N) is 4. The Bertz CT molecular complexity index is 1420. The first-order valence-electron chi connectivity index (χ1n) is 11.9. The molecule has 2 bridgehead atoms. The van der Waals surface area contributed by atoms with Crippen LogP contribution in [0.15, 0.2) is 42.6 Å². The van der Waals surface area contributed by atoms with Crippen LogP contribution in [0.4, 0.5) is 14.5 Å². The second kappa shape index (κ2) is 8.75. The Morgan fingerprint density at radius 1 is 1.06 bits per heavy atom. The van der Waals surface area contributed by atoms with Gasteiger partial charge in [-0.3, -0.25) is 4.79 Å². The Labute approximate surface area is 205 Å². The van der Waals surface area contributed by atoms with E-state index >= 15 is 0 Å². The topological polar surface area (TPSA) is 59.0 Å². The van der Waals surface area contributed by atoms with Crippen LogP contribution >= 0.6 is 11.3 Å². The molecule has 2 aromatic carbocycles. The summed E-state index contributed by atoms with van der Waals surface area (Å²) < 4.78 is 29.7. The summed E-state index contributed by atoms with van der Waals surface area (Å²) in [5.41, 5.74) is 2.74. The Hall–Kier alpha value is -3.26. The normalized spacial score (nSPS) is 19.5. The van der Waals surface area contributed by atoms with Gasteiger partial charge in [-0.2, -0.15) is 0 Å². The van der Waals surface area contributed by atoms with E-state index in [1.54, 1.807) is 11.3 Å². The first-order valence-corrected chi connectivity index (χ1v) is 12.8. The van der Waals surface area contributed by atoms with Gasteiger partial charge in [-0.05, 0) is 68.4 Å². The van der Waals surface area contributed by atoms with Crippen molar-refractivity contribution in [1.29, 1.82) is 0 Å². The van der Waals surface area contributed by atoms with Crippen LogP contribution in [-0.4, -0.2) is 33.3 Å². The molecule has 1 aliphatic carbocycles. The molecule has 5 nitrogen and oxygen atoms in total. The molecule has 0 spiro atoms. The molecule has 0 atom stereocenters. The van der Waals surface area contributed by atoms with Crippen LogP contribution in [0.2, 0.25) is 0 Å². The van der Waals surface area contributed by atoms with Crippen molar-refractivity contribution < 1.29 is 13.6 Å². The number of fused-ring (bicyclic) bond motifs is 4. The number of halogens is 2. The molecule has 0 radical (unpaired) electrons. The van der Waals surface area contributed by atoms with Crippen molar-refractivity contribution in [1.82, 2.24) is 15.0 Å². The number of piperidine rings is 2. The summed E-state index contributed by atoms with van der Waals surface area (Å²) >= 11 is 1.66. The molecule has 4 aromatic rings. The van der Waals surface area contributed by atoms with Gasteiger partial charge in [-0.1, -0.05) is 12.1 Å². The van der Waals surface area contributed by atoms with Gasteiger partial charge in [-0.15, -0.1) is 11.3 Å². The number of anilines is 1. The molecule has 7 rings (SSSR count). The molecule has 0 amide bonds. The molecule has 1 saturated carbocycles.